The van der Waals surface area contributed by atoms with Crippen LogP contribution in [0.5, 0.6) is 11.5 Å². The minimum atomic E-state index is -3.70. The molecule has 0 radical (unpaired) electrons. The van der Waals surface area contributed by atoms with E-state index in [0.29, 0.717) is 29.4 Å². The zero-order valence-electron chi connectivity index (χ0n) is 17.2. The number of benzene rings is 3. The first-order valence-corrected chi connectivity index (χ1v) is 11.9. The van der Waals surface area contributed by atoms with E-state index in [4.69, 9.17) is 9.47 Å². The van der Waals surface area contributed by atoms with E-state index in [1.54, 1.807) is 54.6 Å². The van der Waals surface area contributed by atoms with Crippen LogP contribution in [-0.4, -0.2) is 33.6 Å². The maximum Gasteiger partial charge on any atom is 0.269 e. The van der Waals surface area contributed by atoms with Gasteiger partial charge in [0.05, 0.1) is 10.6 Å². The van der Waals surface area contributed by atoms with Gasteiger partial charge in [0.2, 0.25) is 6.10 Å². The molecule has 3 aromatic carbocycles. The number of ether oxygens (including phenoxy) is 2. The molecule has 8 heteroatoms. The second-order valence-electron chi connectivity index (χ2n) is 7.69. The predicted octanol–water partition coefficient (Wildman–Crippen LogP) is 3.61. The number of sulfonamides is 1. The lowest BCUT2D eigenvalue weighted by atomic mass is 10.0. The molecule has 0 bridgehead atoms. The number of nitrogens with zero attached hydrogens (tertiary/aromatic N) is 1. The zero-order chi connectivity index (χ0) is 22.1. The van der Waals surface area contributed by atoms with E-state index in [9.17, 15) is 13.2 Å². The number of hydrogen-bond donors (Lipinski definition) is 1. The highest BCUT2D eigenvalue weighted by Gasteiger charge is 2.30. The number of rotatable bonds is 4. The van der Waals surface area contributed by atoms with Gasteiger partial charge >= 0.3 is 0 Å². The van der Waals surface area contributed by atoms with Gasteiger partial charge in [-0.15, -0.1) is 0 Å². The molecule has 2 heterocycles. The molecule has 0 fully saturated rings. The third-order valence-electron chi connectivity index (χ3n) is 5.56. The molecule has 1 atom stereocenters. The molecule has 32 heavy (non-hydrogen) atoms. The Morgan fingerprint density at radius 3 is 2.53 bits per heavy atom. The van der Waals surface area contributed by atoms with Gasteiger partial charge in [-0.05, 0) is 54.8 Å². The topological polar surface area (TPSA) is 84.9 Å². The van der Waals surface area contributed by atoms with E-state index in [2.05, 4.69) is 5.32 Å². The minimum Gasteiger partial charge on any atom is -0.485 e. The number of carbonyl (C=O) groups is 1. The van der Waals surface area contributed by atoms with E-state index in [0.717, 1.165) is 18.4 Å². The molecule has 0 aromatic heterocycles. The van der Waals surface area contributed by atoms with Crippen molar-refractivity contribution in [3.63, 3.8) is 0 Å². The van der Waals surface area contributed by atoms with Gasteiger partial charge in [0.15, 0.2) is 11.5 Å². The Labute approximate surface area is 186 Å². The Balaban J connectivity index is 1.39. The van der Waals surface area contributed by atoms with Crippen LogP contribution in [0.4, 0.5) is 11.4 Å². The number of para-hydroxylation sites is 2. The summed E-state index contributed by atoms with van der Waals surface area (Å²) >= 11 is 0. The standard InChI is InChI=1S/C24H22N2O5S/c27-24(23-16-30-21-10-4-5-11-22(21)31-23)25-18-13-12-17-7-6-14-26(20(17)15-18)32(28,29)19-8-2-1-3-9-19/h1-5,8-13,15,23H,6-7,14,16H2,(H,25,27). The Bertz CT molecular complexity index is 1260. The molecule has 3 aromatic rings. The predicted molar refractivity (Wildman–Crippen MR) is 121 cm³/mol. The molecule has 164 valence electrons. The van der Waals surface area contributed by atoms with Crippen molar-refractivity contribution in [2.45, 2.75) is 23.8 Å². The number of nitrogens with one attached hydrogen (secondary N) is 1. The second-order valence-corrected chi connectivity index (χ2v) is 9.55. The third-order valence-corrected chi connectivity index (χ3v) is 7.39. The summed E-state index contributed by atoms with van der Waals surface area (Å²) in [6, 6.07) is 20.9. The third kappa shape index (κ3) is 3.78. The average molecular weight is 451 g/mol. The molecule has 2 aliphatic rings. The lowest BCUT2D eigenvalue weighted by Crippen LogP contribution is -2.40. The van der Waals surface area contributed by atoms with E-state index in [-0.39, 0.29) is 17.4 Å². The van der Waals surface area contributed by atoms with E-state index in [1.807, 2.05) is 18.2 Å². The maximum atomic E-state index is 13.2. The molecule has 1 amide bonds. The SMILES string of the molecule is O=C(Nc1ccc2c(c1)N(S(=O)(=O)c1ccccc1)CCC2)C1COc2ccccc2O1. The van der Waals surface area contributed by atoms with Crippen LogP contribution in [0, 0.1) is 0 Å². The van der Waals surface area contributed by atoms with Crippen molar-refractivity contribution in [1.82, 2.24) is 0 Å². The van der Waals surface area contributed by atoms with Gasteiger partial charge in [0, 0.05) is 12.2 Å². The van der Waals surface area contributed by atoms with Gasteiger partial charge in [0.25, 0.3) is 15.9 Å². The molecule has 1 unspecified atom stereocenters. The van der Waals surface area contributed by atoms with Crippen LogP contribution in [0.15, 0.2) is 77.7 Å². The molecule has 7 nitrogen and oxygen atoms in total. The summed E-state index contributed by atoms with van der Waals surface area (Å²) < 4.78 is 39.3. The van der Waals surface area contributed by atoms with Crippen LogP contribution in [0.1, 0.15) is 12.0 Å². The molecule has 0 saturated heterocycles. The van der Waals surface area contributed by atoms with Gasteiger partial charge < -0.3 is 14.8 Å². The average Bonchev–Trinajstić information content (AvgIpc) is 2.83. The fraction of sp³-hybridized carbons (Fsp3) is 0.208. The largest absolute Gasteiger partial charge is 0.485 e. The summed E-state index contributed by atoms with van der Waals surface area (Å²) in [4.78, 5) is 13.0. The number of amides is 1. The van der Waals surface area contributed by atoms with Gasteiger partial charge in [0.1, 0.15) is 6.61 Å². The quantitative estimate of drug-likeness (QED) is 0.657. The molecule has 0 aliphatic carbocycles. The molecule has 1 N–H and O–H groups in total. The fourth-order valence-electron chi connectivity index (χ4n) is 3.96. The van der Waals surface area contributed by atoms with Gasteiger partial charge in [-0.25, -0.2) is 8.42 Å². The smallest absolute Gasteiger partial charge is 0.269 e. The highest BCUT2D eigenvalue weighted by molar-refractivity contribution is 7.92. The number of fused-ring (bicyclic) bond motifs is 2. The van der Waals surface area contributed by atoms with E-state index < -0.39 is 16.1 Å². The monoisotopic (exact) mass is 450 g/mol. The van der Waals surface area contributed by atoms with Crippen LogP contribution >= 0.6 is 0 Å². The van der Waals surface area contributed by atoms with E-state index >= 15 is 0 Å². The molecule has 5 rings (SSSR count). The Morgan fingerprint density at radius 2 is 1.72 bits per heavy atom. The second kappa shape index (κ2) is 8.20. The van der Waals surface area contributed by atoms with Crippen LogP contribution in [-0.2, 0) is 21.2 Å². The first kappa shape index (κ1) is 20.4. The van der Waals surface area contributed by atoms with Crippen molar-refractivity contribution < 1.29 is 22.7 Å². The van der Waals surface area contributed by atoms with Crippen LogP contribution < -0.4 is 19.1 Å². The normalized spacial score (nSPS) is 17.4. The summed E-state index contributed by atoms with van der Waals surface area (Å²) in [6.07, 6.45) is 0.711. The van der Waals surface area contributed by atoms with Crippen molar-refractivity contribution >= 4 is 27.3 Å². The Hall–Kier alpha value is -3.52. The number of carbonyl (C=O) groups excluding carboxylic acids is 1. The first-order chi connectivity index (χ1) is 15.5. The Morgan fingerprint density at radius 1 is 0.969 bits per heavy atom. The lowest BCUT2D eigenvalue weighted by molar-refractivity contribution is -0.125. The first-order valence-electron chi connectivity index (χ1n) is 10.4. The highest BCUT2D eigenvalue weighted by atomic mass is 32.2. The lowest BCUT2D eigenvalue weighted by Gasteiger charge is -2.31. The summed E-state index contributed by atoms with van der Waals surface area (Å²) in [5.74, 6) is 0.768. The molecule has 0 saturated carbocycles. The van der Waals surface area contributed by atoms with Crippen LogP contribution in [0.3, 0.4) is 0 Å². The summed E-state index contributed by atoms with van der Waals surface area (Å²) in [5, 5.41) is 2.84. The van der Waals surface area contributed by atoms with Crippen molar-refractivity contribution in [3.05, 3.63) is 78.4 Å². The van der Waals surface area contributed by atoms with E-state index in [1.165, 1.54) is 4.31 Å². The van der Waals surface area contributed by atoms with Crippen molar-refractivity contribution in [1.29, 1.82) is 0 Å². The maximum absolute atomic E-state index is 13.2. The minimum absolute atomic E-state index is 0.0995. The van der Waals surface area contributed by atoms with Crippen molar-refractivity contribution in [2.24, 2.45) is 0 Å². The fourth-order valence-corrected chi connectivity index (χ4v) is 5.51. The summed E-state index contributed by atoms with van der Waals surface area (Å²) in [5.41, 5.74) is 2.02. The van der Waals surface area contributed by atoms with Gasteiger partial charge in [-0.3, -0.25) is 9.10 Å². The summed E-state index contributed by atoms with van der Waals surface area (Å²) in [7, 11) is -3.70. The highest BCUT2D eigenvalue weighted by Crippen LogP contribution is 2.35. The summed E-state index contributed by atoms with van der Waals surface area (Å²) in [6.45, 7) is 0.486. The molecular weight excluding hydrogens is 428 g/mol. The molecule has 0 spiro atoms. The zero-order valence-corrected chi connectivity index (χ0v) is 18.0. The number of aryl methyl sites for hydroxylation is 1. The molecular formula is C24H22N2O5S. The Kier molecular flexibility index (Phi) is 5.22. The molecule has 2 aliphatic heterocycles. The number of anilines is 2. The van der Waals surface area contributed by atoms with Gasteiger partial charge in [-0.1, -0.05) is 36.4 Å². The number of hydrogen-bond acceptors (Lipinski definition) is 5. The van der Waals surface area contributed by atoms with Gasteiger partial charge in [-0.2, -0.15) is 0 Å². The van der Waals surface area contributed by atoms with Crippen LogP contribution in [0.25, 0.3) is 0 Å². The van der Waals surface area contributed by atoms with Crippen LogP contribution in [0.2, 0.25) is 0 Å². The van der Waals surface area contributed by atoms with Crippen molar-refractivity contribution in [2.75, 3.05) is 22.8 Å². The van der Waals surface area contributed by atoms with Crippen molar-refractivity contribution in [3.8, 4) is 11.5 Å².